The zero-order valence-electron chi connectivity index (χ0n) is 18.4. The van der Waals surface area contributed by atoms with Crippen LogP contribution in [0.1, 0.15) is 35.8 Å². The highest BCUT2D eigenvalue weighted by atomic mass is 127. The summed E-state index contributed by atoms with van der Waals surface area (Å²) in [6, 6.07) is 10.00. The number of aromatic nitrogens is 1. The molecule has 2 atom stereocenters. The van der Waals surface area contributed by atoms with Crippen molar-refractivity contribution in [2.45, 2.75) is 37.1 Å². The van der Waals surface area contributed by atoms with Crippen molar-refractivity contribution in [3.8, 4) is 11.3 Å². The number of alkyl halides is 3. The number of sulfone groups is 1. The third-order valence-electron chi connectivity index (χ3n) is 5.38. The maximum atomic E-state index is 13.7. The van der Waals surface area contributed by atoms with Crippen LogP contribution in [0.5, 0.6) is 0 Å². The van der Waals surface area contributed by atoms with Crippen molar-refractivity contribution in [2.24, 2.45) is 0 Å². The molecule has 182 valence electrons. The maximum absolute atomic E-state index is 13.7. The largest absolute Gasteiger partial charge is 0.417 e. The Morgan fingerprint density at radius 3 is 2.21 bits per heavy atom. The van der Waals surface area contributed by atoms with Gasteiger partial charge in [-0.3, -0.25) is 4.79 Å². The summed E-state index contributed by atoms with van der Waals surface area (Å²) in [5.74, 6) is -0.584. The van der Waals surface area contributed by atoms with Gasteiger partial charge in [0.1, 0.15) is 0 Å². The normalized spacial score (nSPS) is 14.0. The van der Waals surface area contributed by atoms with Crippen LogP contribution >= 0.6 is 22.6 Å². The molecule has 0 saturated carbocycles. The molecule has 0 unspecified atom stereocenters. The Labute approximate surface area is 208 Å². The summed E-state index contributed by atoms with van der Waals surface area (Å²) in [5.41, 5.74) is -0.356. The van der Waals surface area contributed by atoms with Crippen LogP contribution in [0.4, 0.5) is 18.9 Å². The molecule has 3 rings (SSSR count). The van der Waals surface area contributed by atoms with Gasteiger partial charge >= 0.3 is 6.18 Å². The minimum Gasteiger partial charge on any atom is -0.391 e. The molecule has 1 heterocycles. The van der Waals surface area contributed by atoms with Gasteiger partial charge in [0.05, 0.1) is 37.4 Å². The van der Waals surface area contributed by atoms with E-state index in [9.17, 15) is 31.5 Å². The smallest absolute Gasteiger partial charge is 0.391 e. The van der Waals surface area contributed by atoms with Crippen LogP contribution in [-0.4, -0.2) is 36.4 Å². The Balaban J connectivity index is 2.10. The molecule has 0 saturated heterocycles. The number of hydrogen-bond donors (Lipinski definition) is 2. The summed E-state index contributed by atoms with van der Waals surface area (Å²) in [6.07, 6.45) is -3.04. The van der Waals surface area contributed by atoms with Crippen molar-refractivity contribution in [1.82, 2.24) is 4.57 Å². The lowest BCUT2D eigenvalue weighted by atomic mass is 10.0. The predicted molar refractivity (Wildman–Crippen MR) is 131 cm³/mol. The van der Waals surface area contributed by atoms with Gasteiger partial charge in [-0.2, -0.15) is 13.2 Å². The fourth-order valence-electron chi connectivity index (χ4n) is 3.39. The monoisotopic (exact) mass is 606 g/mol. The average Bonchev–Trinajstić information content (AvgIpc) is 3.09. The topological polar surface area (TPSA) is 88.4 Å². The Morgan fingerprint density at radius 2 is 1.68 bits per heavy atom. The van der Waals surface area contributed by atoms with E-state index >= 15 is 0 Å². The van der Waals surface area contributed by atoms with E-state index in [4.69, 9.17) is 0 Å². The first-order valence-corrected chi connectivity index (χ1v) is 13.0. The average molecular weight is 606 g/mol. The third-order valence-corrected chi connectivity index (χ3v) is 7.60. The first-order valence-electron chi connectivity index (χ1n) is 10.1. The number of nitrogens with one attached hydrogen (secondary N) is 1. The van der Waals surface area contributed by atoms with E-state index in [1.54, 1.807) is 6.92 Å². The quantitative estimate of drug-likeness (QED) is 0.370. The Morgan fingerprint density at radius 1 is 1.09 bits per heavy atom. The second-order valence-electron chi connectivity index (χ2n) is 7.89. The lowest BCUT2D eigenvalue weighted by molar-refractivity contribution is -0.137. The fraction of sp³-hybridized carbons (Fsp3) is 0.261. The van der Waals surface area contributed by atoms with Gasteiger partial charge in [0.25, 0.3) is 5.91 Å². The SMILES string of the molecule is C[C@H](O)[C@@H](C)n1cc(C(=O)Nc2ccc(S(C)(=O)=O)cc2)c(I)c1-c1ccccc1C(F)(F)F. The molecule has 0 spiro atoms. The van der Waals surface area contributed by atoms with Crippen LogP contribution in [0.15, 0.2) is 59.6 Å². The first kappa shape index (κ1) is 26.2. The molecule has 6 nitrogen and oxygen atoms in total. The van der Waals surface area contributed by atoms with Crippen molar-refractivity contribution in [1.29, 1.82) is 0 Å². The van der Waals surface area contributed by atoms with Crippen molar-refractivity contribution >= 4 is 44.0 Å². The summed E-state index contributed by atoms with van der Waals surface area (Å²) in [7, 11) is -3.41. The molecule has 3 aromatic rings. The summed E-state index contributed by atoms with van der Waals surface area (Å²) in [4.78, 5) is 13.1. The van der Waals surface area contributed by atoms with Gasteiger partial charge in [0, 0.05) is 23.7 Å². The van der Waals surface area contributed by atoms with Crippen LogP contribution in [0, 0.1) is 3.57 Å². The van der Waals surface area contributed by atoms with Gasteiger partial charge in [0.2, 0.25) is 0 Å². The number of aliphatic hydroxyl groups is 1. The molecule has 0 aliphatic heterocycles. The van der Waals surface area contributed by atoms with E-state index in [0.29, 0.717) is 5.69 Å². The summed E-state index contributed by atoms with van der Waals surface area (Å²) < 4.78 is 66.3. The number of benzene rings is 2. The van der Waals surface area contributed by atoms with E-state index in [0.717, 1.165) is 12.3 Å². The number of nitrogens with zero attached hydrogens (tertiary/aromatic N) is 1. The Hall–Kier alpha value is -2.38. The number of carbonyl (C=O) groups is 1. The summed E-state index contributed by atoms with van der Waals surface area (Å²) >= 11 is 1.83. The minimum absolute atomic E-state index is 0.0861. The molecule has 1 aromatic heterocycles. The van der Waals surface area contributed by atoms with Gasteiger partial charge in [0.15, 0.2) is 9.84 Å². The Bertz CT molecular complexity index is 1320. The van der Waals surface area contributed by atoms with Crippen LogP contribution in [0.2, 0.25) is 0 Å². The number of carbonyl (C=O) groups excluding carboxylic acids is 1. The fourth-order valence-corrected chi connectivity index (χ4v) is 4.97. The second-order valence-corrected chi connectivity index (χ2v) is 11.0. The minimum atomic E-state index is -4.62. The van der Waals surface area contributed by atoms with Crippen LogP contribution in [0.3, 0.4) is 0 Å². The number of hydrogen-bond acceptors (Lipinski definition) is 4. The van der Waals surface area contributed by atoms with Gasteiger partial charge in [-0.1, -0.05) is 18.2 Å². The molecule has 2 N–H and O–H groups in total. The van der Waals surface area contributed by atoms with Crippen LogP contribution in [-0.2, 0) is 16.0 Å². The molecule has 11 heteroatoms. The lowest BCUT2D eigenvalue weighted by Crippen LogP contribution is -2.19. The Kier molecular flexibility index (Phi) is 7.48. The van der Waals surface area contributed by atoms with Crippen molar-refractivity contribution < 1.29 is 31.5 Å². The molecule has 0 bridgehead atoms. The molecule has 1 amide bonds. The molecular formula is C23H22F3IN2O4S. The molecular weight excluding hydrogens is 584 g/mol. The van der Waals surface area contributed by atoms with E-state index < -0.39 is 39.6 Å². The molecule has 2 aromatic carbocycles. The standard InChI is InChI=1S/C23H22F3IN2O4S/c1-13(14(2)30)29-12-18(22(31)28-15-8-10-16(11-9-15)34(3,32)33)20(27)21(29)17-6-4-5-7-19(17)23(24,25)26/h4-14,30H,1-3H3,(H,28,31)/t13-,14+/m1/s1. The summed E-state index contributed by atoms with van der Waals surface area (Å²) in [6.45, 7) is 3.16. The highest BCUT2D eigenvalue weighted by Crippen LogP contribution is 2.41. The number of anilines is 1. The van der Waals surface area contributed by atoms with Gasteiger partial charge in [-0.25, -0.2) is 8.42 Å². The third kappa shape index (κ3) is 5.47. The van der Waals surface area contributed by atoms with E-state index in [2.05, 4.69) is 5.32 Å². The van der Waals surface area contributed by atoms with Crippen molar-refractivity contribution in [2.75, 3.05) is 11.6 Å². The van der Waals surface area contributed by atoms with Crippen LogP contribution < -0.4 is 5.32 Å². The number of aliphatic hydroxyl groups excluding tert-OH is 1. The van der Waals surface area contributed by atoms with E-state index in [1.165, 1.54) is 60.2 Å². The highest BCUT2D eigenvalue weighted by Gasteiger charge is 2.36. The zero-order chi connectivity index (χ0) is 25.4. The highest BCUT2D eigenvalue weighted by molar-refractivity contribution is 14.1. The zero-order valence-corrected chi connectivity index (χ0v) is 21.4. The first-order chi connectivity index (χ1) is 15.7. The molecule has 34 heavy (non-hydrogen) atoms. The van der Waals surface area contributed by atoms with E-state index in [1.807, 2.05) is 22.6 Å². The molecule has 0 fully saturated rings. The van der Waals surface area contributed by atoms with Crippen LogP contribution in [0.25, 0.3) is 11.3 Å². The van der Waals surface area contributed by atoms with E-state index in [-0.39, 0.29) is 25.3 Å². The predicted octanol–water partition coefficient (Wildman–Crippen LogP) is 5.38. The second kappa shape index (κ2) is 9.70. The maximum Gasteiger partial charge on any atom is 0.417 e. The lowest BCUT2D eigenvalue weighted by Gasteiger charge is -2.22. The van der Waals surface area contributed by atoms with Crippen molar-refractivity contribution in [3.63, 3.8) is 0 Å². The molecule has 0 aliphatic carbocycles. The molecule has 0 radical (unpaired) electrons. The van der Waals surface area contributed by atoms with Crippen molar-refractivity contribution in [3.05, 3.63) is 69.4 Å². The molecule has 0 aliphatic rings. The van der Waals surface area contributed by atoms with Gasteiger partial charge in [-0.05, 0) is 66.8 Å². The number of rotatable bonds is 6. The summed E-state index contributed by atoms with van der Waals surface area (Å²) in [5, 5.41) is 12.8. The van der Waals surface area contributed by atoms with Gasteiger partial charge < -0.3 is 15.0 Å². The number of halogens is 4. The van der Waals surface area contributed by atoms with Gasteiger partial charge in [-0.15, -0.1) is 0 Å². The number of amides is 1.